The van der Waals surface area contributed by atoms with Crippen LogP contribution in [-0.2, 0) is 31.1 Å². The molecule has 1 spiro atoms. The van der Waals surface area contributed by atoms with Gasteiger partial charge in [-0.15, -0.1) is 0 Å². The molecule has 0 aliphatic carbocycles. The molecule has 2 saturated heterocycles. The lowest BCUT2D eigenvalue weighted by molar-refractivity contribution is -0.143. The van der Waals surface area contributed by atoms with Gasteiger partial charge in [-0.2, -0.15) is 0 Å². The highest BCUT2D eigenvalue weighted by atomic mass is 16.5. The number of aromatic amines is 1. The Kier molecular flexibility index (Phi) is 4.65. The van der Waals surface area contributed by atoms with Crippen molar-refractivity contribution in [3.8, 4) is 0 Å². The highest BCUT2D eigenvalue weighted by molar-refractivity contribution is 6.15. The summed E-state index contributed by atoms with van der Waals surface area (Å²) in [6.07, 6.45) is 2.46. The molecule has 174 valence electrons. The van der Waals surface area contributed by atoms with Crippen LogP contribution in [0.2, 0.25) is 0 Å². The van der Waals surface area contributed by atoms with Crippen LogP contribution in [0.5, 0.6) is 0 Å². The average molecular weight is 459 g/mol. The Morgan fingerprint density at radius 3 is 2.71 bits per heavy atom. The number of amides is 3. The first-order valence-electron chi connectivity index (χ1n) is 11.6. The minimum Gasteiger partial charge on any atom is -0.383 e. The van der Waals surface area contributed by atoms with E-state index in [-0.39, 0.29) is 36.9 Å². The van der Waals surface area contributed by atoms with Crippen LogP contribution in [-0.4, -0.2) is 53.9 Å². The van der Waals surface area contributed by atoms with Crippen molar-refractivity contribution in [1.82, 2.24) is 15.2 Å². The van der Waals surface area contributed by atoms with Crippen LogP contribution in [0.1, 0.15) is 16.7 Å². The number of hydrogen-bond donors (Lipinski definition) is 3. The summed E-state index contributed by atoms with van der Waals surface area (Å²) in [6, 6.07) is 13.3. The second-order valence-electron chi connectivity index (χ2n) is 9.40. The van der Waals surface area contributed by atoms with E-state index in [0.717, 1.165) is 33.3 Å². The number of carbonyl (C=O) groups is 3. The standard InChI is InChI=1S/C26H26N4O4/c1-14-6-5-8-17-22(14)28-25(33)26(17)21-20(23(31)30(24(21)32)10-11-34-2)19(29-26)12-15-13-27-18-9-4-3-7-16(15)18/h3-9,13,19-21,27,29H,10-12H2,1-2H3,(H,28,33)/t19-,20+,21-,26-/m0/s1. The van der Waals surface area contributed by atoms with Gasteiger partial charge in [0.05, 0.1) is 25.0 Å². The number of nitrogens with one attached hydrogen (secondary N) is 3. The van der Waals surface area contributed by atoms with E-state index >= 15 is 0 Å². The van der Waals surface area contributed by atoms with Crippen molar-refractivity contribution in [3.63, 3.8) is 0 Å². The highest BCUT2D eigenvalue weighted by Gasteiger charge is 2.70. The van der Waals surface area contributed by atoms with E-state index in [9.17, 15) is 14.4 Å². The molecule has 3 aromatic rings. The zero-order chi connectivity index (χ0) is 23.6. The third-order valence-electron chi connectivity index (χ3n) is 7.68. The molecule has 0 saturated carbocycles. The molecule has 4 atom stereocenters. The monoisotopic (exact) mass is 458 g/mol. The summed E-state index contributed by atoms with van der Waals surface area (Å²) < 4.78 is 5.15. The third kappa shape index (κ3) is 2.69. The van der Waals surface area contributed by atoms with Crippen molar-refractivity contribution in [2.75, 3.05) is 25.6 Å². The number of benzene rings is 2. The minimum absolute atomic E-state index is 0.180. The van der Waals surface area contributed by atoms with Gasteiger partial charge in [-0.05, 0) is 30.5 Å². The number of carbonyl (C=O) groups excluding carboxylic acids is 3. The number of rotatable bonds is 5. The maximum Gasteiger partial charge on any atom is 0.250 e. The van der Waals surface area contributed by atoms with Crippen LogP contribution in [0, 0.1) is 18.8 Å². The lowest BCUT2D eigenvalue weighted by atomic mass is 9.76. The van der Waals surface area contributed by atoms with Crippen molar-refractivity contribution in [3.05, 3.63) is 65.4 Å². The Morgan fingerprint density at radius 2 is 1.88 bits per heavy atom. The van der Waals surface area contributed by atoms with Crippen molar-refractivity contribution in [1.29, 1.82) is 0 Å². The number of H-pyrrole nitrogens is 1. The van der Waals surface area contributed by atoms with Crippen LogP contribution < -0.4 is 10.6 Å². The number of nitrogens with zero attached hydrogens (tertiary/aromatic N) is 1. The van der Waals surface area contributed by atoms with Gasteiger partial charge in [-0.3, -0.25) is 24.6 Å². The van der Waals surface area contributed by atoms with Crippen molar-refractivity contribution >= 4 is 34.3 Å². The number of likely N-dealkylation sites (tertiary alicyclic amines) is 1. The first kappa shape index (κ1) is 21.1. The molecule has 8 nitrogen and oxygen atoms in total. The van der Waals surface area contributed by atoms with Crippen LogP contribution in [0.3, 0.4) is 0 Å². The fraction of sp³-hybridized carbons (Fsp3) is 0.346. The predicted molar refractivity (Wildman–Crippen MR) is 126 cm³/mol. The number of ether oxygens (including phenoxy) is 1. The van der Waals surface area contributed by atoms with E-state index in [0.29, 0.717) is 6.42 Å². The molecule has 3 N–H and O–H groups in total. The van der Waals surface area contributed by atoms with Crippen LogP contribution in [0.4, 0.5) is 5.69 Å². The molecule has 8 heteroatoms. The number of imide groups is 1. The quantitative estimate of drug-likeness (QED) is 0.508. The maximum atomic E-state index is 13.7. The minimum atomic E-state index is -1.28. The van der Waals surface area contributed by atoms with E-state index in [2.05, 4.69) is 15.6 Å². The van der Waals surface area contributed by atoms with Gasteiger partial charge in [0.25, 0.3) is 0 Å². The Morgan fingerprint density at radius 1 is 1.06 bits per heavy atom. The molecule has 3 aliphatic heterocycles. The number of aromatic nitrogens is 1. The second-order valence-corrected chi connectivity index (χ2v) is 9.40. The molecular weight excluding hydrogens is 432 g/mol. The maximum absolute atomic E-state index is 13.7. The fourth-order valence-electron chi connectivity index (χ4n) is 6.15. The van der Waals surface area contributed by atoms with Gasteiger partial charge >= 0.3 is 0 Å². The number of aryl methyl sites for hydroxylation is 1. The summed E-state index contributed by atoms with van der Waals surface area (Å²) in [4.78, 5) is 45.5. The van der Waals surface area contributed by atoms with Gasteiger partial charge < -0.3 is 15.0 Å². The lowest BCUT2D eigenvalue weighted by Crippen LogP contribution is -2.53. The zero-order valence-corrected chi connectivity index (χ0v) is 19.1. The van der Waals surface area contributed by atoms with Crippen molar-refractivity contribution < 1.29 is 19.1 Å². The molecule has 3 amide bonds. The van der Waals surface area contributed by atoms with Crippen LogP contribution >= 0.6 is 0 Å². The number of para-hydroxylation sites is 2. The second kappa shape index (κ2) is 7.51. The molecule has 2 aromatic carbocycles. The molecular formula is C26H26N4O4. The molecule has 2 fully saturated rings. The molecule has 0 bridgehead atoms. The normalized spacial score (nSPS) is 27.6. The lowest BCUT2D eigenvalue weighted by Gasteiger charge is -2.29. The van der Waals surface area contributed by atoms with Crippen molar-refractivity contribution in [2.24, 2.45) is 11.8 Å². The Balaban J connectivity index is 1.47. The van der Waals surface area contributed by atoms with Gasteiger partial charge in [0.1, 0.15) is 5.54 Å². The molecule has 0 unspecified atom stereocenters. The molecule has 4 heterocycles. The van der Waals surface area contributed by atoms with Crippen LogP contribution in [0.25, 0.3) is 10.9 Å². The van der Waals surface area contributed by atoms with Crippen molar-refractivity contribution in [2.45, 2.75) is 24.9 Å². The summed E-state index contributed by atoms with van der Waals surface area (Å²) in [5.41, 5.74) is 3.16. The van der Waals surface area contributed by atoms with E-state index in [1.165, 1.54) is 12.0 Å². The highest BCUT2D eigenvalue weighted by Crippen LogP contribution is 2.53. The molecule has 3 aliphatic rings. The zero-order valence-electron chi connectivity index (χ0n) is 19.1. The summed E-state index contributed by atoms with van der Waals surface area (Å²) in [5, 5.41) is 7.59. The summed E-state index contributed by atoms with van der Waals surface area (Å²) in [6.45, 7) is 2.37. The van der Waals surface area contributed by atoms with E-state index < -0.39 is 17.4 Å². The van der Waals surface area contributed by atoms with Gasteiger partial charge in [-0.1, -0.05) is 36.4 Å². The Labute approximate surface area is 196 Å². The largest absolute Gasteiger partial charge is 0.383 e. The van der Waals surface area contributed by atoms with Gasteiger partial charge in [0.2, 0.25) is 17.7 Å². The SMILES string of the molecule is COCCN1C(=O)[C@@H]2[C@H](Cc3c[nH]c4ccccc34)N[C@]3(C(=O)Nc4c(C)cccc43)[C@@H]2C1=O. The predicted octanol–water partition coefficient (Wildman–Crippen LogP) is 2.09. The van der Waals surface area contributed by atoms with E-state index in [1.807, 2.05) is 55.6 Å². The smallest absolute Gasteiger partial charge is 0.250 e. The fourth-order valence-corrected chi connectivity index (χ4v) is 6.15. The van der Waals surface area contributed by atoms with Gasteiger partial charge in [0.15, 0.2) is 0 Å². The van der Waals surface area contributed by atoms with Gasteiger partial charge in [0, 0.05) is 41.5 Å². The molecule has 6 rings (SSSR count). The first-order chi connectivity index (χ1) is 16.5. The van der Waals surface area contributed by atoms with E-state index in [4.69, 9.17) is 4.74 Å². The molecule has 1 aromatic heterocycles. The Hall–Kier alpha value is -3.49. The summed E-state index contributed by atoms with van der Waals surface area (Å²) in [7, 11) is 1.54. The number of hydrogen-bond acceptors (Lipinski definition) is 5. The van der Waals surface area contributed by atoms with Crippen LogP contribution in [0.15, 0.2) is 48.7 Å². The topological polar surface area (TPSA) is 104 Å². The molecule has 34 heavy (non-hydrogen) atoms. The number of fused-ring (bicyclic) bond motifs is 5. The summed E-state index contributed by atoms with van der Waals surface area (Å²) in [5.74, 6) is -2.28. The number of anilines is 1. The van der Waals surface area contributed by atoms with E-state index in [1.54, 1.807) is 0 Å². The Bertz CT molecular complexity index is 1350. The summed E-state index contributed by atoms with van der Waals surface area (Å²) >= 11 is 0. The number of methoxy groups -OCH3 is 1. The third-order valence-corrected chi connectivity index (χ3v) is 7.68. The first-order valence-corrected chi connectivity index (χ1v) is 11.6. The van der Waals surface area contributed by atoms with Gasteiger partial charge in [-0.25, -0.2) is 0 Å². The average Bonchev–Trinajstić information content (AvgIpc) is 3.54. The molecule has 0 radical (unpaired) electrons.